The molecule has 5 heteroatoms. The zero-order valence-corrected chi connectivity index (χ0v) is 12.5. The van der Waals surface area contributed by atoms with Crippen molar-refractivity contribution in [3.05, 3.63) is 35.9 Å². The Morgan fingerprint density at radius 3 is 2.33 bits per heavy atom. The average molecular weight is 293 g/mol. The molecule has 1 aromatic rings. The minimum atomic E-state index is -1.16. The highest BCUT2D eigenvalue weighted by atomic mass is 16.4. The summed E-state index contributed by atoms with van der Waals surface area (Å²) >= 11 is 0. The van der Waals surface area contributed by atoms with Crippen LogP contribution in [0.3, 0.4) is 0 Å². The molecule has 0 unspecified atom stereocenters. The highest BCUT2D eigenvalue weighted by Crippen LogP contribution is 2.08. The molecule has 0 radical (unpaired) electrons. The highest BCUT2D eigenvalue weighted by Gasteiger charge is 2.24. The van der Waals surface area contributed by atoms with Gasteiger partial charge in [-0.15, -0.1) is 0 Å². The first-order chi connectivity index (χ1) is 9.90. The summed E-state index contributed by atoms with van der Waals surface area (Å²) in [5.74, 6) is -1.54. The Balaban J connectivity index is 2.54. The molecule has 3 N–H and O–H groups in total. The molecule has 0 bridgehead atoms. The van der Waals surface area contributed by atoms with Gasteiger partial charge in [-0.25, -0.2) is 4.79 Å². The minimum absolute atomic E-state index is 0.165. The van der Waals surface area contributed by atoms with E-state index in [1.807, 2.05) is 44.2 Å². The van der Waals surface area contributed by atoms with Gasteiger partial charge in [-0.05, 0) is 30.7 Å². The van der Waals surface area contributed by atoms with Gasteiger partial charge in [0.15, 0.2) is 0 Å². The third-order valence-electron chi connectivity index (χ3n) is 3.18. The van der Waals surface area contributed by atoms with Gasteiger partial charge in [0, 0.05) is 0 Å². The summed E-state index contributed by atoms with van der Waals surface area (Å²) in [7, 11) is 0. The molecular formula is C16H23NO4. The van der Waals surface area contributed by atoms with Gasteiger partial charge in [-0.1, -0.05) is 44.2 Å². The normalized spacial score (nSPS) is 13.7. The Morgan fingerprint density at radius 2 is 1.81 bits per heavy atom. The van der Waals surface area contributed by atoms with Crippen LogP contribution in [0.1, 0.15) is 32.3 Å². The van der Waals surface area contributed by atoms with E-state index in [4.69, 9.17) is 5.11 Å². The van der Waals surface area contributed by atoms with Crippen molar-refractivity contribution < 1.29 is 19.8 Å². The first-order valence-electron chi connectivity index (χ1n) is 7.15. The van der Waals surface area contributed by atoms with Crippen LogP contribution in [0.15, 0.2) is 30.3 Å². The van der Waals surface area contributed by atoms with Gasteiger partial charge in [0.05, 0.1) is 0 Å². The van der Waals surface area contributed by atoms with Crippen molar-refractivity contribution in [2.75, 3.05) is 0 Å². The van der Waals surface area contributed by atoms with E-state index in [1.165, 1.54) is 0 Å². The quantitative estimate of drug-likeness (QED) is 0.679. The number of nitrogens with one attached hydrogen (secondary N) is 1. The molecule has 0 saturated heterocycles. The number of aliphatic hydroxyl groups is 1. The average Bonchev–Trinajstić information content (AvgIpc) is 2.43. The standard InChI is InChI=1S/C16H23NO4/c1-11(2)10-14(18)15(19)17-13(16(20)21)9-8-12-6-4-3-5-7-12/h3-7,11,13-14,18H,8-10H2,1-2H3,(H,17,19)(H,20,21)/t13-,14+/m1/s1. The molecule has 0 spiro atoms. The number of rotatable bonds is 8. The van der Waals surface area contributed by atoms with Crippen molar-refractivity contribution in [1.82, 2.24) is 5.32 Å². The van der Waals surface area contributed by atoms with Gasteiger partial charge in [0.2, 0.25) is 5.91 Å². The van der Waals surface area contributed by atoms with Crippen LogP contribution in [-0.2, 0) is 16.0 Å². The Bertz CT molecular complexity index is 459. The minimum Gasteiger partial charge on any atom is -0.480 e. The first-order valence-corrected chi connectivity index (χ1v) is 7.15. The third kappa shape index (κ3) is 6.40. The number of carboxylic acids is 1. The van der Waals surface area contributed by atoms with Crippen molar-refractivity contribution >= 4 is 11.9 Å². The number of carbonyl (C=O) groups excluding carboxylic acids is 1. The largest absolute Gasteiger partial charge is 0.480 e. The maximum absolute atomic E-state index is 11.8. The second kappa shape index (κ2) is 8.42. The predicted molar refractivity (Wildman–Crippen MR) is 79.8 cm³/mol. The van der Waals surface area contributed by atoms with Crippen LogP contribution in [0, 0.1) is 5.92 Å². The topological polar surface area (TPSA) is 86.6 Å². The van der Waals surface area contributed by atoms with E-state index in [2.05, 4.69) is 5.32 Å². The molecule has 2 atom stereocenters. The summed E-state index contributed by atoms with van der Waals surface area (Å²) < 4.78 is 0. The predicted octanol–water partition coefficient (Wildman–Crippen LogP) is 1.60. The molecule has 0 heterocycles. The first kappa shape index (κ1) is 17.2. The Hall–Kier alpha value is -1.88. The van der Waals surface area contributed by atoms with Crippen LogP contribution in [0.2, 0.25) is 0 Å². The van der Waals surface area contributed by atoms with Gasteiger partial charge >= 0.3 is 5.97 Å². The van der Waals surface area contributed by atoms with E-state index in [1.54, 1.807) is 0 Å². The van der Waals surface area contributed by atoms with E-state index in [0.717, 1.165) is 5.56 Å². The van der Waals surface area contributed by atoms with Gasteiger partial charge in [0.1, 0.15) is 12.1 Å². The fraction of sp³-hybridized carbons (Fsp3) is 0.500. The maximum Gasteiger partial charge on any atom is 0.326 e. The summed E-state index contributed by atoms with van der Waals surface area (Å²) in [6.45, 7) is 3.78. The van der Waals surface area contributed by atoms with Crippen molar-refractivity contribution in [1.29, 1.82) is 0 Å². The number of benzene rings is 1. The van der Waals surface area contributed by atoms with Gasteiger partial charge < -0.3 is 15.5 Å². The third-order valence-corrected chi connectivity index (χ3v) is 3.18. The fourth-order valence-corrected chi connectivity index (χ4v) is 2.03. The molecule has 1 amide bonds. The number of aryl methyl sites for hydroxylation is 1. The van der Waals surface area contributed by atoms with Crippen LogP contribution in [0.4, 0.5) is 0 Å². The number of amides is 1. The van der Waals surface area contributed by atoms with Crippen molar-refractivity contribution in [2.24, 2.45) is 5.92 Å². The van der Waals surface area contributed by atoms with Crippen LogP contribution >= 0.6 is 0 Å². The maximum atomic E-state index is 11.8. The molecule has 0 saturated carbocycles. The molecule has 1 rings (SSSR count). The van der Waals surface area contributed by atoms with Crippen LogP contribution in [-0.4, -0.2) is 34.2 Å². The van der Waals surface area contributed by atoms with Crippen molar-refractivity contribution in [2.45, 2.75) is 45.3 Å². The molecule has 116 valence electrons. The van der Waals surface area contributed by atoms with Gasteiger partial charge in [-0.3, -0.25) is 4.79 Å². The molecule has 5 nitrogen and oxygen atoms in total. The number of carbonyl (C=O) groups is 2. The smallest absolute Gasteiger partial charge is 0.326 e. The number of aliphatic carboxylic acids is 1. The number of hydrogen-bond donors (Lipinski definition) is 3. The lowest BCUT2D eigenvalue weighted by atomic mass is 10.0. The lowest BCUT2D eigenvalue weighted by Gasteiger charge is -2.18. The molecule has 21 heavy (non-hydrogen) atoms. The zero-order valence-electron chi connectivity index (χ0n) is 12.5. The SMILES string of the molecule is CC(C)C[C@H](O)C(=O)N[C@H](CCc1ccccc1)C(=O)O. The molecule has 1 aromatic carbocycles. The highest BCUT2D eigenvalue weighted by molar-refractivity contribution is 5.86. The number of hydrogen-bond acceptors (Lipinski definition) is 3. The van der Waals surface area contributed by atoms with Crippen LogP contribution in [0.25, 0.3) is 0 Å². The Morgan fingerprint density at radius 1 is 1.19 bits per heavy atom. The fourth-order valence-electron chi connectivity index (χ4n) is 2.03. The number of aliphatic hydroxyl groups excluding tert-OH is 1. The van der Waals surface area contributed by atoms with E-state index in [-0.39, 0.29) is 5.92 Å². The molecule has 0 aromatic heterocycles. The van der Waals surface area contributed by atoms with Crippen LogP contribution in [0.5, 0.6) is 0 Å². The zero-order chi connectivity index (χ0) is 15.8. The summed E-state index contributed by atoms with van der Waals surface area (Å²) in [6, 6.07) is 8.50. The number of carboxylic acid groups (broad SMARTS) is 1. The Labute approximate surface area is 125 Å². The van der Waals surface area contributed by atoms with Crippen molar-refractivity contribution in [3.63, 3.8) is 0 Å². The molecule has 0 aliphatic rings. The lowest BCUT2D eigenvalue weighted by Crippen LogP contribution is -2.46. The monoisotopic (exact) mass is 293 g/mol. The second-order valence-electron chi connectivity index (χ2n) is 5.57. The summed E-state index contributed by atoms with van der Waals surface area (Å²) in [6.07, 6.45) is -0.00194. The van der Waals surface area contributed by atoms with Gasteiger partial charge in [0.25, 0.3) is 0 Å². The summed E-state index contributed by atoms with van der Waals surface area (Å²) in [5, 5.41) is 21.3. The van der Waals surface area contributed by atoms with E-state index >= 15 is 0 Å². The van der Waals surface area contributed by atoms with Gasteiger partial charge in [-0.2, -0.15) is 0 Å². The molecular weight excluding hydrogens is 270 g/mol. The summed E-state index contributed by atoms with van der Waals surface area (Å²) in [5.41, 5.74) is 1.01. The second-order valence-corrected chi connectivity index (χ2v) is 5.57. The Kier molecular flexibility index (Phi) is 6.88. The lowest BCUT2D eigenvalue weighted by molar-refractivity contribution is -0.143. The molecule has 0 fully saturated rings. The summed E-state index contributed by atoms with van der Waals surface area (Å²) in [4.78, 5) is 23.0. The van der Waals surface area contributed by atoms with E-state index < -0.39 is 24.0 Å². The van der Waals surface area contributed by atoms with Crippen LogP contribution < -0.4 is 5.32 Å². The molecule has 0 aliphatic carbocycles. The molecule has 0 aliphatic heterocycles. The van der Waals surface area contributed by atoms with E-state index in [9.17, 15) is 14.7 Å². The van der Waals surface area contributed by atoms with E-state index in [0.29, 0.717) is 19.3 Å². The van der Waals surface area contributed by atoms with Crippen molar-refractivity contribution in [3.8, 4) is 0 Å².